The van der Waals surface area contributed by atoms with E-state index in [9.17, 15) is 9.59 Å². The van der Waals surface area contributed by atoms with Gasteiger partial charge in [0.25, 0.3) is 5.91 Å². The van der Waals surface area contributed by atoms with Crippen molar-refractivity contribution < 1.29 is 28.9 Å². The Labute approximate surface area is 157 Å². The third-order valence-electron chi connectivity index (χ3n) is 4.45. The molecule has 2 aromatic carbocycles. The summed E-state index contributed by atoms with van der Waals surface area (Å²) in [4.78, 5) is 25.7. The number of methoxy groups -OCH3 is 2. The largest absolute Gasteiger partial charge is 0.497 e. The van der Waals surface area contributed by atoms with Crippen molar-refractivity contribution in [2.45, 2.75) is 25.7 Å². The van der Waals surface area contributed by atoms with Gasteiger partial charge in [0.15, 0.2) is 0 Å². The van der Waals surface area contributed by atoms with Crippen LogP contribution in [0.4, 0.5) is 5.69 Å². The molecule has 1 N–H and O–H groups in total. The summed E-state index contributed by atoms with van der Waals surface area (Å²) in [5, 5.41) is 9.12. The Kier molecular flexibility index (Phi) is 5.61. The van der Waals surface area contributed by atoms with Crippen LogP contribution < -0.4 is 14.4 Å². The van der Waals surface area contributed by atoms with Crippen LogP contribution in [0.3, 0.4) is 0 Å². The lowest BCUT2D eigenvalue weighted by Crippen LogP contribution is -2.39. The van der Waals surface area contributed by atoms with Gasteiger partial charge in [-0.2, -0.15) is 0 Å². The maximum atomic E-state index is 13.0. The molecule has 1 aliphatic heterocycles. The van der Waals surface area contributed by atoms with E-state index in [2.05, 4.69) is 0 Å². The highest BCUT2D eigenvalue weighted by atomic mass is 16.5. The number of carboxylic acids is 1. The van der Waals surface area contributed by atoms with Gasteiger partial charge in [0.05, 0.1) is 33.8 Å². The average molecular weight is 371 g/mol. The van der Waals surface area contributed by atoms with E-state index in [0.717, 1.165) is 11.1 Å². The molecule has 0 aliphatic carbocycles. The molecule has 1 atom stereocenters. The van der Waals surface area contributed by atoms with E-state index in [1.807, 2.05) is 30.3 Å². The second-order valence-corrected chi connectivity index (χ2v) is 6.13. The van der Waals surface area contributed by atoms with Gasteiger partial charge in [-0.05, 0) is 18.2 Å². The first-order valence-electron chi connectivity index (χ1n) is 8.47. The molecule has 2 aromatic rings. The first-order chi connectivity index (χ1) is 13.0. The number of benzene rings is 2. The number of fused-ring (bicyclic) bond motifs is 1. The maximum absolute atomic E-state index is 13.0. The molecule has 1 unspecified atom stereocenters. The predicted molar refractivity (Wildman–Crippen MR) is 98.0 cm³/mol. The highest BCUT2D eigenvalue weighted by molar-refractivity contribution is 5.99. The summed E-state index contributed by atoms with van der Waals surface area (Å²) in [6.07, 6.45) is -1.43. The van der Waals surface area contributed by atoms with E-state index in [1.54, 1.807) is 31.3 Å². The van der Waals surface area contributed by atoms with Gasteiger partial charge in [0, 0.05) is 22.9 Å². The number of anilines is 1. The van der Waals surface area contributed by atoms with E-state index in [0.29, 0.717) is 17.2 Å². The van der Waals surface area contributed by atoms with Crippen LogP contribution in [0.5, 0.6) is 11.5 Å². The van der Waals surface area contributed by atoms with Crippen molar-refractivity contribution in [3.63, 3.8) is 0 Å². The molecule has 0 saturated carbocycles. The SMILES string of the molecule is COc1ccc(CN2C(=O)C(CC(=O)O)OCc3ccccc32)c(OC)c1. The molecule has 27 heavy (non-hydrogen) atoms. The number of carboxylic acid groups (broad SMARTS) is 1. The molecule has 0 saturated heterocycles. The highest BCUT2D eigenvalue weighted by Crippen LogP contribution is 2.32. The Balaban J connectivity index is 1.99. The Hall–Kier alpha value is -3.06. The average Bonchev–Trinajstić information content (AvgIpc) is 2.80. The van der Waals surface area contributed by atoms with Gasteiger partial charge in [0.1, 0.15) is 17.6 Å². The molecule has 0 bridgehead atoms. The van der Waals surface area contributed by atoms with Crippen LogP contribution in [-0.2, 0) is 27.5 Å². The van der Waals surface area contributed by atoms with Crippen LogP contribution in [0.25, 0.3) is 0 Å². The third kappa shape index (κ3) is 4.03. The minimum absolute atomic E-state index is 0.177. The topological polar surface area (TPSA) is 85.3 Å². The summed E-state index contributed by atoms with van der Waals surface area (Å²) in [6, 6.07) is 12.7. The molecule has 3 rings (SSSR count). The van der Waals surface area contributed by atoms with E-state index < -0.39 is 12.1 Å². The van der Waals surface area contributed by atoms with Crippen molar-refractivity contribution in [1.29, 1.82) is 0 Å². The molecule has 0 radical (unpaired) electrons. The minimum atomic E-state index is -1.08. The molecule has 7 heteroatoms. The molecule has 0 spiro atoms. The van der Waals surface area contributed by atoms with Gasteiger partial charge < -0.3 is 24.2 Å². The summed E-state index contributed by atoms with van der Waals surface area (Å²) < 4.78 is 16.2. The lowest BCUT2D eigenvalue weighted by molar-refractivity contribution is -0.145. The maximum Gasteiger partial charge on any atom is 0.306 e. The highest BCUT2D eigenvalue weighted by Gasteiger charge is 2.33. The lowest BCUT2D eigenvalue weighted by Gasteiger charge is -2.25. The van der Waals surface area contributed by atoms with Gasteiger partial charge in [-0.15, -0.1) is 0 Å². The zero-order valence-corrected chi connectivity index (χ0v) is 15.2. The van der Waals surface area contributed by atoms with Crippen LogP contribution in [0.1, 0.15) is 17.5 Å². The fourth-order valence-electron chi connectivity index (χ4n) is 3.07. The van der Waals surface area contributed by atoms with Crippen molar-refractivity contribution >= 4 is 17.6 Å². The molecule has 142 valence electrons. The predicted octanol–water partition coefficient (Wildman–Crippen LogP) is 2.61. The fraction of sp³-hybridized carbons (Fsp3) is 0.300. The van der Waals surface area contributed by atoms with Crippen LogP contribution >= 0.6 is 0 Å². The van der Waals surface area contributed by atoms with E-state index >= 15 is 0 Å². The summed E-state index contributed by atoms with van der Waals surface area (Å²) in [5.41, 5.74) is 2.30. The Bertz CT molecular complexity index is 850. The zero-order chi connectivity index (χ0) is 19.4. The summed E-state index contributed by atoms with van der Waals surface area (Å²) in [6.45, 7) is 0.401. The van der Waals surface area contributed by atoms with Gasteiger partial charge in [-0.25, -0.2) is 0 Å². The van der Waals surface area contributed by atoms with E-state index in [-0.39, 0.29) is 25.5 Å². The number of nitrogens with zero attached hydrogens (tertiary/aromatic N) is 1. The van der Waals surface area contributed by atoms with Gasteiger partial charge in [-0.1, -0.05) is 18.2 Å². The number of hydrogen-bond donors (Lipinski definition) is 1. The Morgan fingerprint density at radius 3 is 2.70 bits per heavy atom. The number of rotatable bonds is 6. The number of carbonyl (C=O) groups is 2. The summed E-state index contributed by atoms with van der Waals surface area (Å²) >= 11 is 0. The second-order valence-electron chi connectivity index (χ2n) is 6.13. The Morgan fingerprint density at radius 1 is 1.22 bits per heavy atom. The monoisotopic (exact) mass is 371 g/mol. The van der Waals surface area contributed by atoms with Crippen molar-refractivity contribution in [2.75, 3.05) is 19.1 Å². The van der Waals surface area contributed by atoms with Crippen molar-refractivity contribution in [3.8, 4) is 11.5 Å². The van der Waals surface area contributed by atoms with E-state index in [4.69, 9.17) is 19.3 Å². The second kappa shape index (κ2) is 8.09. The van der Waals surface area contributed by atoms with Crippen LogP contribution in [-0.4, -0.2) is 37.3 Å². The zero-order valence-electron chi connectivity index (χ0n) is 15.2. The van der Waals surface area contributed by atoms with Gasteiger partial charge >= 0.3 is 5.97 Å². The molecular weight excluding hydrogens is 350 g/mol. The molecule has 0 fully saturated rings. The summed E-state index contributed by atoms with van der Waals surface area (Å²) in [7, 11) is 3.11. The van der Waals surface area contributed by atoms with E-state index in [1.165, 1.54) is 0 Å². The van der Waals surface area contributed by atoms with Crippen molar-refractivity contribution in [1.82, 2.24) is 0 Å². The normalized spacial score (nSPS) is 16.4. The number of para-hydroxylation sites is 1. The van der Waals surface area contributed by atoms with Crippen molar-refractivity contribution in [3.05, 3.63) is 53.6 Å². The van der Waals surface area contributed by atoms with Gasteiger partial charge in [0.2, 0.25) is 0 Å². The molecule has 1 amide bonds. The minimum Gasteiger partial charge on any atom is -0.497 e. The number of aliphatic carboxylic acids is 1. The number of amides is 1. The third-order valence-corrected chi connectivity index (χ3v) is 4.45. The molecule has 0 aromatic heterocycles. The van der Waals surface area contributed by atoms with Gasteiger partial charge in [-0.3, -0.25) is 9.59 Å². The first kappa shape index (κ1) is 18.7. The fourth-order valence-corrected chi connectivity index (χ4v) is 3.07. The molecule has 1 heterocycles. The first-order valence-corrected chi connectivity index (χ1v) is 8.47. The standard InChI is InChI=1S/C20H21NO6/c1-25-15-8-7-13(17(9-15)26-2)11-21-16-6-4-3-5-14(16)12-27-18(20(21)24)10-19(22)23/h3-9,18H,10-12H2,1-2H3,(H,22,23). The quantitative estimate of drug-likeness (QED) is 0.840. The number of hydrogen-bond acceptors (Lipinski definition) is 5. The molecule has 7 nitrogen and oxygen atoms in total. The molecule has 1 aliphatic rings. The number of ether oxygens (including phenoxy) is 3. The smallest absolute Gasteiger partial charge is 0.306 e. The lowest BCUT2D eigenvalue weighted by atomic mass is 10.1. The summed E-state index contributed by atoms with van der Waals surface area (Å²) in [5.74, 6) is -0.244. The molecular formula is C20H21NO6. The van der Waals surface area contributed by atoms with Crippen LogP contribution in [0.15, 0.2) is 42.5 Å². The Morgan fingerprint density at radius 2 is 2.00 bits per heavy atom. The van der Waals surface area contributed by atoms with Crippen LogP contribution in [0, 0.1) is 0 Å². The van der Waals surface area contributed by atoms with Crippen LogP contribution in [0.2, 0.25) is 0 Å². The van der Waals surface area contributed by atoms with Crippen molar-refractivity contribution in [2.24, 2.45) is 0 Å². The number of carbonyl (C=O) groups excluding carboxylic acids is 1.